The minimum atomic E-state index is -4.62. The summed E-state index contributed by atoms with van der Waals surface area (Å²) in [6.45, 7) is 1.54. The Bertz CT molecular complexity index is 473. The summed E-state index contributed by atoms with van der Waals surface area (Å²) >= 11 is 0.339. The number of carboxylic acids is 1. The van der Waals surface area contributed by atoms with Crippen LogP contribution >= 0.6 is 11.3 Å². The van der Waals surface area contributed by atoms with Crippen LogP contribution in [0, 0.1) is 5.92 Å². The Hall–Kier alpha value is -1.64. The largest absolute Gasteiger partial charge is 0.481 e. The predicted octanol–water partition coefficient (Wildman–Crippen LogP) is 2.00. The lowest BCUT2D eigenvalue weighted by Gasteiger charge is -2.10. The van der Waals surface area contributed by atoms with E-state index in [1.807, 2.05) is 0 Å². The number of nitrogens with one attached hydrogen (secondary N) is 1. The van der Waals surface area contributed by atoms with Crippen LogP contribution in [0.2, 0.25) is 0 Å². The van der Waals surface area contributed by atoms with Gasteiger partial charge in [-0.05, 0) is 5.92 Å². The number of aromatic nitrogens is 1. The molecule has 1 aromatic heterocycles. The average molecular weight is 296 g/mol. The van der Waals surface area contributed by atoms with Crippen LogP contribution in [0.25, 0.3) is 0 Å². The lowest BCUT2D eigenvalue weighted by Crippen LogP contribution is -2.30. The normalized spacial score (nSPS) is 13.1. The van der Waals surface area contributed by atoms with Crippen molar-refractivity contribution in [2.75, 3.05) is 6.54 Å². The van der Waals surface area contributed by atoms with Crippen LogP contribution in [0.15, 0.2) is 5.51 Å². The first-order valence-corrected chi connectivity index (χ1v) is 6.10. The second-order valence-corrected chi connectivity index (χ2v) is 4.80. The summed E-state index contributed by atoms with van der Waals surface area (Å²) in [6.07, 6.45) is -4.80. The Labute approximate surface area is 110 Å². The number of thiazole rings is 1. The van der Waals surface area contributed by atoms with E-state index in [0.29, 0.717) is 11.3 Å². The number of rotatable bonds is 5. The van der Waals surface area contributed by atoms with Crippen LogP contribution in [0.5, 0.6) is 0 Å². The fraction of sp³-hybridized carbons (Fsp3) is 0.500. The van der Waals surface area contributed by atoms with Crippen molar-refractivity contribution in [2.45, 2.75) is 19.5 Å². The monoisotopic (exact) mass is 296 g/mol. The van der Waals surface area contributed by atoms with Crippen LogP contribution < -0.4 is 5.32 Å². The molecule has 1 aromatic rings. The van der Waals surface area contributed by atoms with Gasteiger partial charge < -0.3 is 10.4 Å². The van der Waals surface area contributed by atoms with Crippen molar-refractivity contribution in [1.82, 2.24) is 10.3 Å². The van der Waals surface area contributed by atoms with E-state index >= 15 is 0 Å². The molecule has 19 heavy (non-hydrogen) atoms. The molecular weight excluding hydrogens is 285 g/mol. The summed E-state index contributed by atoms with van der Waals surface area (Å²) in [5, 5.41) is 10.8. The number of amides is 1. The van der Waals surface area contributed by atoms with Crippen molar-refractivity contribution in [1.29, 1.82) is 0 Å². The number of nitrogens with zero attached hydrogens (tertiary/aromatic N) is 1. The lowest BCUT2D eigenvalue weighted by molar-refractivity contribution is -0.138. The molecule has 2 N–H and O–H groups in total. The maximum atomic E-state index is 12.5. The van der Waals surface area contributed by atoms with Crippen LogP contribution in [-0.2, 0) is 11.0 Å². The molecule has 1 unspecified atom stereocenters. The number of hydrogen-bond acceptors (Lipinski definition) is 4. The van der Waals surface area contributed by atoms with Gasteiger partial charge in [0.05, 0.1) is 5.51 Å². The van der Waals surface area contributed by atoms with E-state index in [1.165, 1.54) is 0 Å². The summed E-state index contributed by atoms with van der Waals surface area (Å²) in [7, 11) is 0. The molecule has 1 heterocycles. The van der Waals surface area contributed by atoms with Crippen molar-refractivity contribution in [3.63, 3.8) is 0 Å². The third kappa shape index (κ3) is 4.51. The maximum Gasteiger partial charge on any atom is 0.427 e. The Kier molecular flexibility index (Phi) is 4.87. The zero-order valence-corrected chi connectivity index (χ0v) is 10.6. The molecule has 0 aromatic carbocycles. The smallest absolute Gasteiger partial charge is 0.427 e. The van der Waals surface area contributed by atoms with Crippen molar-refractivity contribution in [3.05, 3.63) is 16.1 Å². The van der Waals surface area contributed by atoms with Gasteiger partial charge in [0, 0.05) is 13.0 Å². The van der Waals surface area contributed by atoms with Gasteiger partial charge in [0.15, 0.2) is 5.69 Å². The van der Waals surface area contributed by atoms with Gasteiger partial charge in [0.1, 0.15) is 4.88 Å². The van der Waals surface area contributed by atoms with E-state index in [-0.39, 0.29) is 18.9 Å². The van der Waals surface area contributed by atoms with Gasteiger partial charge in [-0.25, -0.2) is 4.98 Å². The Morgan fingerprint density at radius 1 is 1.53 bits per heavy atom. The first kappa shape index (κ1) is 15.4. The number of halogens is 3. The maximum absolute atomic E-state index is 12.5. The summed E-state index contributed by atoms with van der Waals surface area (Å²) < 4.78 is 37.6. The number of hydrogen-bond donors (Lipinski definition) is 2. The molecule has 1 amide bonds. The van der Waals surface area contributed by atoms with Crippen molar-refractivity contribution in [2.24, 2.45) is 5.92 Å². The van der Waals surface area contributed by atoms with Crippen molar-refractivity contribution in [3.8, 4) is 0 Å². The highest BCUT2D eigenvalue weighted by molar-refractivity contribution is 7.10. The summed E-state index contributed by atoms with van der Waals surface area (Å²) in [5.74, 6) is -2.37. The third-order valence-corrected chi connectivity index (χ3v) is 3.05. The Morgan fingerprint density at radius 2 is 2.16 bits per heavy atom. The first-order chi connectivity index (χ1) is 8.71. The second kappa shape index (κ2) is 6.00. The van der Waals surface area contributed by atoms with Gasteiger partial charge in [-0.2, -0.15) is 13.2 Å². The Balaban J connectivity index is 2.65. The van der Waals surface area contributed by atoms with Gasteiger partial charge in [-0.15, -0.1) is 11.3 Å². The second-order valence-electron chi connectivity index (χ2n) is 3.94. The fourth-order valence-corrected chi connectivity index (χ4v) is 1.98. The topological polar surface area (TPSA) is 79.3 Å². The summed E-state index contributed by atoms with van der Waals surface area (Å²) in [4.78, 5) is 24.3. The third-order valence-electron chi connectivity index (χ3n) is 2.17. The van der Waals surface area contributed by atoms with E-state index in [4.69, 9.17) is 5.11 Å². The Morgan fingerprint density at radius 3 is 2.68 bits per heavy atom. The van der Waals surface area contributed by atoms with E-state index < -0.39 is 28.6 Å². The number of aliphatic carboxylic acids is 1. The molecular formula is C10H11F3N2O3S. The van der Waals surface area contributed by atoms with Gasteiger partial charge in [-0.3, -0.25) is 9.59 Å². The molecule has 9 heteroatoms. The predicted molar refractivity (Wildman–Crippen MR) is 60.9 cm³/mol. The number of alkyl halides is 3. The number of carbonyl (C=O) groups is 2. The average Bonchev–Trinajstić information content (AvgIpc) is 2.73. The van der Waals surface area contributed by atoms with Gasteiger partial charge in [0.25, 0.3) is 5.91 Å². The van der Waals surface area contributed by atoms with Crippen LogP contribution in [-0.4, -0.2) is 28.5 Å². The molecule has 0 bridgehead atoms. The minimum absolute atomic E-state index is 0.0278. The van der Waals surface area contributed by atoms with Gasteiger partial charge in [0.2, 0.25) is 0 Å². The molecule has 0 aliphatic rings. The fourth-order valence-electron chi connectivity index (χ4n) is 1.33. The van der Waals surface area contributed by atoms with E-state index in [0.717, 1.165) is 5.51 Å². The molecule has 1 atom stereocenters. The molecule has 0 saturated carbocycles. The van der Waals surface area contributed by atoms with Crippen LogP contribution in [0.3, 0.4) is 0 Å². The molecule has 1 rings (SSSR count). The molecule has 0 fully saturated rings. The van der Waals surface area contributed by atoms with E-state index in [1.54, 1.807) is 6.92 Å². The zero-order chi connectivity index (χ0) is 14.6. The first-order valence-electron chi connectivity index (χ1n) is 5.22. The van der Waals surface area contributed by atoms with E-state index in [2.05, 4.69) is 10.3 Å². The highest BCUT2D eigenvalue weighted by atomic mass is 32.1. The van der Waals surface area contributed by atoms with Gasteiger partial charge >= 0.3 is 12.1 Å². The highest BCUT2D eigenvalue weighted by Crippen LogP contribution is 2.34. The molecule has 106 valence electrons. The molecule has 0 spiro atoms. The van der Waals surface area contributed by atoms with Gasteiger partial charge in [-0.1, -0.05) is 6.92 Å². The molecule has 5 nitrogen and oxygen atoms in total. The molecule has 0 saturated heterocycles. The molecule has 0 aliphatic heterocycles. The quantitative estimate of drug-likeness (QED) is 0.871. The van der Waals surface area contributed by atoms with E-state index in [9.17, 15) is 22.8 Å². The minimum Gasteiger partial charge on any atom is -0.481 e. The standard InChI is InChI=1S/C10H11F3N2O3S/c1-5(2-6(16)17)3-14-9(18)7-8(10(11,12)13)19-4-15-7/h4-5H,2-3H2,1H3,(H,14,18)(H,16,17). The molecule has 0 aliphatic carbocycles. The molecule has 0 radical (unpaired) electrons. The summed E-state index contributed by atoms with van der Waals surface area (Å²) in [5.41, 5.74) is 0.262. The highest BCUT2D eigenvalue weighted by Gasteiger charge is 2.38. The summed E-state index contributed by atoms with van der Waals surface area (Å²) in [6, 6.07) is 0. The van der Waals surface area contributed by atoms with Crippen LogP contribution in [0.1, 0.15) is 28.7 Å². The van der Waals surface area contributed by atoms with Crippen LogP contribution in [0.4, 0.5) is 13.2 Å². The van der Waals surface area contributed by atoms with Crippen molar-refractivity contribution < 1.29 is 27.9 Å². The van der Waals surface area contributed by atoms with Crippen molar-refractivity contribution >= 4 is 23.2 Å². The number of carboxylic acid groups (broad SMARTS) is 1. The SMILES string of the molecule is CC(CNC(=O)c1ncsc1C(F)(F)F)CC(=O)O. The number of carbonyl (C=O) groups excluding carboxylic acids is 1. The lowest BCUT2D eigenvalue weighted by atomic mass is 10.1. The zero-order valence-electron chi connectivity index (χ0n) is 9.82.